The van der Waals surface area contributed by atoms with Crippen LogP contribution < -0.4 is 15.4 Å². The number of carbonyl (C=O) groups is 1. The molecule has 1 aromatic rings. The van der Waals surface area contributed by atoms with Crippen molar-refractivity contribution in [3.63, 3.8) is 0 Å². The molecule has 1 rings (SSSR count). The monoisotopic (exact) mass is 278 g/mol. The molecule has 0 radical (unpaired) electrons. The number of methoxy groups -OCH3 is 1. The number of benzene rings is 1. The predicted octanol–water partition coefficient (Wildman–Crippen LogP) is 2.51. The summed E-state index contributed by atoms with van der Waals surface area (Å²) in [7, 11) is 1.65. The normalized spacial score (nSPS) is 13.9. The summed E-state index contributed by atoms with van der Waals surface area (Å²) in [5.41, 5.74) is 1.13. The summed E-state index contributed by atoms with van der Waals surface area (Å²) in [6.07, 6.45) is 0. The van der Waals surface area contributed by atoms with Crippen LogP contribution in [0, 0.1) is 5.92 Å². The van der Waals surface area contributed by atoms with Crippen molar-refractivity contribution < 1.29 is 9.53 Å². The molecule has 4 heteroatoms. The van der Waals surface area contributed by atoms with Crippen LogP contribution in [0.3, 0.4) is 0 Å². The standard InChI is InChI=1S/C16H26N2O2/c1-11(2)10-17-16(19)13(4)18-12(3)14-6-8-15(20-5)9-7-14/h6-9,11-13,18H,10H2,1-5H3,(H,17,19). The third kappa shape index (κ3) is 5.21. The van der Waals surface area contributed by atoms with Crippen LogP contribution in [0.15, 0.2) is 24.3 Å². The first-order chi connectivity index (χ1) is 9.43. The van der Waals surface area contributed by atoms with Gasteiger partial charge in [-0.1, -0.05) is 26.0 Å². The third-order valence-electron chi connectivity index (χ3n) is 3.19. The van der Waals surface area contributed by atoms with Crippen LogP contribution in [-0.2, 0) is 4.79 Å². The minimum absolute atomic E-state index is 0.0408. The van der Waals surface area contributed by atoms with Crippen LogP contribution >= 0.6 is 0 Å². The lowest BCUT2D eigenvalue weighted by Gasteiger charge is -2.20. The van der Waals surface area contributed by atoms with Crippen molar-refractivity contribution in [3.05, 3.63) is 29.8 Å². The molecule has 2 N–H and O–H groups in total. The lowest BCUT2D eigenvalue weighted by atomic mass is 10.1. The van der Waals surface area contributed by atoms with Gasteiger partial charge in [0.25, 0.3) is 0 Å². The highest BCUT2D eigenvalue weighted by molar-refractivity contribution is 5.81. The molecule has 4 nitrogen and oxygen atoms in total. The topological polar surface area (TPSA) is 50.4 Å². The first-order valence-electron chi connectivity index (χ1n) is 7.11. The van der Waals surface area contributed by atoms with E-state index < -0.39 is 0 Å². The van der Waals surface area contributed by atoms with E-state index in [1.165, 1.54) is 0 Å². The maximum absolute atomic E-state index is 11.9. The highest BCUT2D eigenvalue weighted by Gasteiger charge is 2.16. The fourth-order valence-electron chi connectivity index (χ4n) is 1.90. The van der Waals surface area contributed by atoms with Crippen molar-refractivity contribution >= 4 is 5.91 Å². The summed E-state index contributed by atoms with van der Waals surface area (Å²) in [4.78, 5) is 11.9. The van der Waals surface area contributed by atoms with Crippen LogP contribution in [0.2, 0.25) is 0 Å². The molecule has 112 valence electrons. The first-order valence-corrected chi connectivity index (χ1v) is 7.11. The number of carbonyl (C=O) groups excluding carboxylic acids is 1. The smallest absolute Gasteiger partial charge is 0.236 e. The second kappa shape index (κ2) is 7.90. The molecule has 2 unspecified atom stereocenters. The lowest BCUT2D eigenvalue weighted by molar-refractivity contribution is -0.123. The Bertz CT molecular complexity index is 415. The molecule has 1 amide bonds. The summed E-state index contributed by atoms with van der Waals surface area (Å²) >= 11 is 0. The number of ether oxygens (including phenoxy) is 1. The van der Waals surface area contributed by atoms with Crippen molar-refractivity contribution in [1.29, 1.82) is 0 Å². The molecule has 0 heterocycles. The Morgan fingerprint density at radius 2 is 1.75 bits per heavy atom. The SMILES string of the molecule is COc1ccc(C(C)NC(C)C(=O)NCC(C)C)cc1. The molecule has 0 spiro atoms. The van der Waals surface area contributed by atoms with Crippen molar-refractivity contribution in [2.75, 3.05) is 13.7 Å². The molecule has 0 aliphatic rings. The largest absolute Gasteiger partial charge is 0.497 e. The molecular formula is C16H26N2O2. The van der Waals surface area contributed by atoms with E-state index in [1.54, 1.807) is 7.11 Å². The zero-order chi connectivity index (χ0) is 15.1. The number of hydrogen-bond donors (Lipinski definition) is 2. The molecule has 2 atom stereocenters. The van der Waals surface area contributed by atoms with Crippen molar-refractivity contribution in [2.24, 2.45) is 5.92 Å². The number of hydrogen-bond acceptors (Lipinski definition) is 3. The summed E-state index contributed by atoms with van der Waals surface area (Å²) < 4.78 is 5.14. The average Bonchev–Trinajstić information content (AvgIpc) is 2.44. The van der Waals surface area contributed by atoms with E-state index in [2.05, 4.69) is 24.5 Å². The highest BCUT2D eigenvalue weighted by Crippen LogP contribution is 2.17. The van der Waals surface area contributed by atoms with Crippen LogP contribution in [0.4, 0.5) is 0 Å². The zero-order valence-corrected chi connectivity index (χ0v) is 13.1. The lowest BCUT2D eigenvalue weighted by Crippen LogP contribution is -2.44. The van der Waals surface area contributed by atoms with E-state index in [0.717, 1.165) is 11.3 Å². The van der Waals surface area contributed by atoms with Gasteiger partial charge < -0.3 is 10.1 Å². The van der Waals surface area contributed by atoms with Gasteiger partial charge in [0.05, 0.1) is 13.2 Å². The van der Waals surface area contributed by atoms with Gasteiger partial charge in [0.1, 0.15) is 5.75 Å². The fraction of sp³-hybridized carbons (Fsp3) is 0.562. The van der Waals surface area contributed by atoms with Gasteiger partial charge in [0.15, 0.2) is 0 Å². The van der Waals surface area contributed by atoms with Crippen LogP contribution in [0.25, 0.3) is 0 Å². The Morgan fingerprint density at radius 3 is 2.25 bits per heavy atom. The summed E-state index contributed by atoms with van der Waals surface area (Å²) in [6, 6.07) is 7.77. The minimum atomic E-state index is -0.217. The number of rotatable bonds is 7. The second-order valence-corrected chi connectivity index (χ2v) is 5.52. The Hall–Kier alpha value is -1.55. The van der Waals surface area contributed by atoms with Crippen molar-refractivity contribution in [1.82, 2.24) is 10.6 Å². The van der Waals surface area contributed by atoms with Gasteiger partial charge >= 0.3 is 0 Å². The second-order valence-electron chi connectivity index (χ2n) is 5.52. The van der Waals surface area contributed by atoms with Gasteiger partial charge in [-0.25, -0.2) is 0 Å². The van der Waals surface area contributed by atoms with E-state index in [-0.39, 0.29) is 18.0 Å². The van der Waals surface area contributed by atoms with E-state index in [9.17, 15) is 4.79 Å². The van der Waals surface area contributed by atoms with Gasteiger partial charge in [0.2, 0.25) is 5.91 Å². The minimum Gasteiger partial charge on any atom is -0.497 e. The summed E-state index contributed by atoms with van der Waals surface area (Å²) in [5.74, 6) is 1.34. The molecule has 0 saturated carbocycles. The highest BCUT2D eigenvalue weighted by atomic mass is 16.5. The van der Waals surface area contributed by atoms with Crippen molar-refractivity contribution in [2.45, 2.75) is 39.8 Å². The molecule has 20 heavy (non-hydrogen) atoms. The molecule has 0 aliphatic heterocycles. The fourth-order valence-corrected chi connectivity index (χ4v) is 1.90. The van der Waals surface area contributed by atoms with Gasteiger partial charge in [-0.2, -0.15) is 0 Å². The summed E-state index contributed by atoms with van der Waals surface area (Å²) in [5, 5.41) is 6.24. The van der Waals surface area contributed by atoms with Gasteiger partial charge in [-0.15, -0.1) is 0 Å². The van der Waals surface area contributed by atoms with Crippen LogP contribution in [-0.4, -0.2) is 25.6 Å². The summed E-state index contributed by atoms with van der Waals surface area (Å²) in [6.45, 7) is 8.81. The predicted molar refractivity (Wildman–Crippen MR) is 81.9 cm³/mol. The van der Waals surface area contributed by atoms with Crippen LogP contribution in [0.1, 0.15) is 39.3 Å². The number of nitrogens with one attached hydrogen (secondary N) is 2. The van der Waals surface area contributed by atoms with E-state index >= 15 is 0 Å². The molecule has 0 bridgehead atoms. The Balaban J connectivity index is 2.51. The van der Waals surface area contributed by atoms with Gasteiger partial charge in [-0.05, 0) is 37.5 Å². The molecular weight excluding hydrogens is 252 g/mol. The third-order valence-corrected chi connectivity index (χ3v) is 3.19. The Kier molecular flexibility index (Phi) is 6.52. The maximum atomic E-state index is 11.9. The molecule has 0 aromatic heterocycles. The van der Waals surface area contributed by atoms with E-state index in [0.29, 0.717) is 12.5 Å². The van der Waals surface area contributed by atoms with E-state index in [4.69, 9.17) is 4.74 Å². The zero-order valence-electron chi connectivity index (χ0n) is 13.1. The average molecular weight is 278 g/mol. The molecule has 1 aromatic carbocycles. The quantitative estimate of drug-likeness (QED) is 0.805. The molecule has 0 saturated heterocycles. The Morgan fingerprint density at radius 1 is 1.15 bits per heavy atom. The van der Waals surface area contributed by atoms with E-state index in [1.807, 2.05) is 38.1 Å². The molecule has 0 aliphatic carbocycles. The van der Waals surface area contributed by atoms with Crippen LogP contribution in [0.5, 0.6) is 5.75 Å². The maximum Gasteiger partial charge on any atom is 0.236 e. The van der Waals surface area contributed by atoms with Gasteiger partial charge in [0, 0.05) is 12.6 Å². The Labute approximate surface area is 121 Å². The first kappa shape index (κ1) is 16.5. The van der Waals surface area contributed by atoms with Crippen molar-refractivity contribution in [3.8, 4) is 5.75 Å². The van der Waals surface area contributed by atoms with Gasteiger partial charge in [-0.3, -0.25) is 10.1 Å². The number of amides is 1. The molecule has 0 fully saturated rings.